The summed E-state index contributed by atoms with van der Waals surface area (Å²) in [6, 6.07) is 9.05. The van der Waals surface area contributed by atoms with Crippen LogP contribution in [0, 0.1) is 17.0 Å². The first-order chi connectivity index (χ1) is 12.3. The molecule has 2 aromatic carbocycles. The number of nitro benzene ring substituents is 1. The number of carbonyl (C=O) groups is 2. The van der Waals surface area contributed by atoms with Crippen molar-refractivity contribution < 1.29 is 19.2 Å². The normalized spacial score (nSPS) is 10.1. The minimum atomic E-state index is -0.835. The number of nitrogens with zero attached hydrogens (tertiary/aromatic N) is 1. The van der Waals surface area contributed by atoms with Gasteiger partial charge < -0.3 is 15.4 Å². The van der Waals surface area contributed by atoms with Crippen LogP contribution in [0.1, 0.15) is 15.9 Å². The number of non-ortho nitro benzene ring substituents is 1. The molecule has 0 saturated heterocycles. The van der Waals surface area contributed by atoms with Gasteiger partial charge in [0.15, 0.2) is 6.61 Å². The Bertz CT molecular complexity index is 869. The number of nitrogens with one attached hydrogen (secondary N) is 2. The van der Waals surface area contributed by atoms with E-state index in [9.17, 15) is 19.7 Å². The molecule has 0 aliphatic carbocycles. The maximum absolute atomic E-state index is 12.2. The lowest BCUT2D eigenvalue weighted by atomic mass is 10.1. The fourth-order valence-electron chi connectivity index (χ4n) is 2.11. The van der Waals surface area contributed by atoms with Crippen molar-refractivity contribution in [1.82, 2.24) is 0 Å². The van der Waals surface area contributed by atoms with Gasteiger partial charge in [0.05, 0.1) is 10.5 Å². The second kappa shape index (κ2) is 8.43. The molecular weight excluding hydrogens is 406 g/mol. The van der Waals surface area contributed by atoms with Crippen molar-refractivity contribution in [2.75, 3.05) is 24.3 Å². The Morgan fingerprint density at radius 2 is 1.96 bits per heavy atom. The summed E-state index contributed by atoms with van der Waals surface area (Å²) in [5.74, 6) is -1.36. The molecule has 9 heteroatoms. The van der Waals surface area contributed by atoms with Gasteiger partial charge in [-0.15, -0.1) is 0 Å². The molecule has 0 spiro atoms. The number of hydrogen-bond donors (Lipinski definition) is 2. The number of anilines is 2. The van der Waals surface area contributed by atoms with Gasteiger partial charge in [-0.25, -0.2) is 4.79 Å². The molecule has 8 nitrogen and oxygen atoms in total. The first-order valence-corrected chi connectivity index (χ1v) is 8.30. The molecule has 0 aliphatic heterocycles. The van der Waals surface area contributed by atoms with Crippen LogP contribution in [-0.4, -0.2) is 30.5 Å². The van der Waals surface area contributed by atoms with Gasteiger partial charge in [-0.05, 0) is 30.7 Å². The van der Waals surface area contributed by atoms with E-state index < -0.39 is 23.4 Å². The Morgan fingerprint density at radius 3 is 2.58 bits per heavy atom. The number of benzene rings is 2. The average Bonchev–Trinajstić information content (AvgIpc) is 2.62. The second-order valence-electron chi connectivity index (χ2n) is 5.33. The third-order valence-electron chi connectivity index (χ3n) is 3.49. The number of amides is 1. The number of aryl methyl sites for hydroxylation is 1. The number of rotatable bonds is 6. The monoisotopic (exact) mass is 421 g/mol. The summed E-state index contributed by atoms with van der Waals surface area (Å²) < 4.78 is 5.80. The number of halogens is 1. The van der Waals surface area contributed by atoms with E-state index in [0.29, 0.717) is 11.4 Å². The molecule has 26 heavy (non-hydrogen) atoms. The van der Waals surface area contributed by atoms with Crippen LogP contribution in [0.4, 0.5) is 17.1 Å². The fraction of sp³-hybridized carbons (Fsp3) is 0.176. The maximum atomic E-state index is 12.2. The van der Waals surface area contributed by atoms with Gasteiger partial charge in [0.1, 0.15) is 0 Å². The van der Waals surface area contributed by atoms with Crippen molar-refractivity contribution in [1.29, 1.82) is 0 Å². The molecule has 0 heterocycles. The zero-order chi connectivity index (χ0) is 19.3. The van der Waals surface area contributed by atoms with Crippen LogP contribution < -0.4 is 10.6 Å². The molecular formula is C17H16BrN3O5. The largest absolute Gasteiger partial charge is 0.452 e. The SMILES string of the molecule is CNc1ccc([N+](=O)[O-])cc1C(=O)OCC(=O)Nc1ccc(C)c(Br)c1. The minimum absolute atomic E-state index is 0.0208. The fourth-order valence-corrected chi connectivity index (χ4v) is 2.49. The number of hydrogen-bond acceptors (Lipinski definition) is 6. The summed E-state index contributed by atoms with van der Waals surface area (Å²) in [5, 5.41) is 16.2. The number of carbonyl (C=O) groups excluding carboxylic acids is 2. The summed E-state index contributed by atoms with van der Waals surface area (Å²) in [4.78, 5) is 34.4. The number of esters is 1. The molecule has 0 aromatic heterocycles. The van der Waals surface area contributed by atoms with Crippen LogP contribution in [0.3, 0.4) is 0 Å². The molecule has 0 radical (unpaired) electrons. The van der Waals surface area contributed by atoms with Gasteiger partial charge in [0.25, 0.3) is 11.6 Å². The summed E-state index contributed by atoms with van der Waals surface area (Å²) >= 11 is 3.36. The van der Waals surface area contributed by atoms with E-state index >= 15 is 0 Å². The van der Waals surface area contributed by atoms with Crippen molar-refractivity contribution in [2.24, 2.45) is 0 Å². The maximum Gasteiger partial charge on any atom is 0.341 e. The highest BCUT2D eigenvalue weighted by Crippen LogP contribution is 2.23. The standard InChI is InChI=1S/C17H16BrN3O5/c1-10-3-4-11(7-14(10)18)20-16(22)9-26-17(23)13-8-12(21(24)25)5-6-15(13)19-2/h3-8,19H,9H2,1-2H3,(H,20,22). The average molecular weight is 422 g/mol. The van der Waals surface area contributed by atoms with Crippen LogP contribution in [0.5, 0.6) is 0 Å². The molecule has 1 amide bonds. The van der Waals surface area contributed by atoms with Gasteiger partial charge >= 0.3 is 5.97 Å². The zero-order valence-corrected chi connectivity index (χ0v) is 15.6. The Morgan fingerprint density at radius 1 is 1.23 bits per heavy atom. The second-order valence-corrected chi connectivity index (χ2v) is 6.18. The minimum Gasteiger partial charge on any atom is -0.452 e. The Hall–Kier alpha value is -2.94. The molecule has 0 saturated carbocycles. The zero-order valence-electron chi connectivity index (χ0n) is 14.0. The van der Waals surface area contributed by atoms with Crippen LogP contribution in [0.2, 0.25) is 0 Å². The highest BCUT2D eigenvalue weighted by atomic mass is 79.9. The van der Waals surface area contributed by atoms with Gasteiger partial charge in [-0.2, -0.15) is 0 Å². The third-order valence-corrected chi connectivity index (χ3v) is 4.35. The van der Waals surface area contributed by atoms with Gasteiger partial charge in [0, 0.05) is 35.0 Å². The molecule has 2 rings (SSSR count). The molecule has 0 bridgehead atoms. The summed E-state index contributed by atoms with van der Waals surface area (Å²) in [6.45, 7) is 1.39. The summed E-state index contributed by atoms with van der Waals surface area (Å²) in [6.07, 6.45) is 0. The topological polar surface area (TPSA) is 111 Å². The number of nitro groups is 1. The highest BCUT2D eigenvalue weighted by Gasteiger charge is 2.18. The number of ether oxygens (including phenoxy) is 1. The lowest BCUT2D eigenvalue weighted by molar-refractivity contribution is -0.384. The van der Waals surface area contributed by atoms with Crippen molar-refractivity contribution in [2.45, 2.75) is 6.92 Å². The van der Waals surface area contributed by atoms with E-state index in [4.69, 9.17) is 4.74 Å². The van der Waals surface area contributed by atoms with Crippen LogP contribution >= 0.6 is 15.9 Å². The van der Waals surface area contributed by atoms with E-state index in [1.54, 1.807) is 19.2 Å². The smallest absolute Gasteiger partial charge is 0.341 e. The van der Waals surface area contributed by atoms with Crippen LogP contribution in [0.15, 0.2) is 40.9 Å². The molecule has 136 valence electrons. The van der Waals surface area contributed by atoms with Gasteiger partial charge in [-0.3, -0.25) is 14.9 Å². The molecule has 2 aromatic rings. The van der Waals surface area contributed by atoms with Crippen LogP contribution in [-0.2, 0) is 9.53 Å². The summed E-state index contributed by atoms with van der Waals surface area (Å²) in [7, 11) is 1.57. The Kier molecular flexibility index (Phi) is 6.29. The molecule has 0 aliphatic rings. The van der Waals surface area contributed by atoms with E-state index in [1.807, 2.05) is 13.0 Å². The predicted molar refractivity (Wildman–Crippen MR) is 100 cm³/mol. The molecule has 2 N–H and O–H groups in total. The quantitative estimate of drug-likeness (QED) is 0.419. The first-order valence-electron chi connectivity index (χ1n) is 7.51. The lowest BCUT2D eigenvalue weighted by Gasteiger charge is -2.10. The van der Waals surface area contributed by atoms with E-state index in [-0.39, 0.29) is 11.3 Å². The van der Waals surface area contributed by atoms with Crippen molar-refractivity contribution >= 4 is 44.9 Å². The predicted octanol–water partition coefficient (Wildman–Crippen LogP) is 3.50. The lowest BCUT2D eigenvalue weighted by Crippen LogP contribution is -2.21. The molecule has 0 unspecified atom stereocenters. The third kappa shape index (κ3) is 4.79. The van der Waals surface area contributed by atoms with Gasteiger partial charge in [0.2, 0.25) is 0 Å². The van der Waals surface area contributed by atoms with E-state index in [1.165, 1.54) is 12.1 Å². The van der Waals surface area contributed by atoms with Crippen molar-refractivity contribution in [3.8, 4) is 0 Å². The summed E-state index contributed by atoms with van der Waals surface area (Å²) in [5.41, 5.74) is 1.66. The molecule has 0 fully saturated rings. The van der Waals surface area contributed by atoms with Gasteiger partial charge in [-0.1, -0.05) is 22.0 Å². The van der Waals surface area contributed by atoms with Crippen molar-refractivity contribution in [3.63, 3.8) is 0 Å². The Labute approximate surface area is 157 Å². The highest BCUT2D eigenvalue weighted by molar-refractivity contribution is 9.10. The first kappa shape index (κ1) is 19.4. The van der Waals surface area contributed by atoms with E-state index in [2.05, 4.69) is 26.6 Å². The molecule has 0 atom stereocenters. The van der Waals surface area contributed by atoms with E-state index in [0.717, 1.165) is 16.1 Å². The van der Waals surface area contributed by atoms with Crippen LogP contribution in [0.25, 0.3) is 0 Å². The Balaban J connectivity index is 2.03. The van der Waals surface area contributed by atoms with Crippen molar-refractivity contribution in [3.05, 3.63) is 62.1 Å².